The molecule has 0 amide bonds. The summed E-state index contributed by atoms with van der Waals surface area (Å²) in [6, 6.07) is 0.791. The maximum atomic E-state index is 5.56. The van der Waals surface area contributed by atoms with Crippen LogP contribution in [0.3, 0.4) is 0 Å². The maximum absolute atomic E-state index is 5.56. The van der Waals surface area contributed by atoms with Crippen LogP contribution in [-0.4, -0.2) is 36.1 Å². The van der Waals surface area contributed by atoms with Gasteiger partial charge in [-0.3, -0.25) is 0 Å². The van der Waals surface area contributed by atoms with Crippen LogP contribution in [0, 0.1) is 6.92 Å². The molecule has 96 valence electrons. The Bertz CT molecular complexity index is 350. The lowest BCUT2D eigenvalue weighted by molar-refractivity contribution is 0.329. The highest BCUT2D eigenvalue weighted by Gasteiger charge is 2.19. The van der Waals surface area contributed by atoms with E-state index in [2.05, 4.69) is 29.2 Å². The van der Waals surface area contributed by atoms with Gasteiger partial charge in [0.1, 0.15) is 5.76 Å². The van der Waals surface area contributed by atoms with Crippen molar-refractivity contribution in [2.45, 2.75) is 45.2 Å². The summed E-state index contributed by atoms with van der Waals surface area (Å²) in [6.45, 7) is 6.45. The predicted octanol–water partition coefficient (Wildman–Crippen LogP) is 2.12. The summed E-state index contributed by atoms with van der Waals surface area (Å²) in [5, 5.41) is 3.63. The Labute approximate surface area is 103 Å². The van der Waals surface area contributed by atoms with E-state index in [0.717, 1.165) is 11.7 Å². The van der Waals surface area contributed by atoms with Crippen molar-refractivity contribution in [1.82, 2.24) is 15.2 Å². The van der Waals surface area contributed by atoms with Crippen molar-refractivity contribution in [3.05, 3.63) is 17.8 Å². The Balaban J connectivity index is 1.87. The molecule has 4 heteroatoms. The fourth-order valence-electron chi connectivity index (χ4n) is 2.40. The molecule has 1 aliphatic heterocycles. The SMILES string of the molecule is Cc1cnc(C(C)NC2CCCN(C)CC2)o1. The molecular formula is C13H23N3O. The zero-order valence-corrected chi connectivity index (χ0v) is 11.1. The Morgan fingerprint density at radius 3 is 3.00 bits per heavy atom. The molecule has 1 aliphatic rings. The van der Waals surface area contributed by atoms with Crippen LogP contribution in [0.1, 0.15) is 43.9 Å². The summed E-state index contributed by atoms with van der Waals surface area (Å²) < 4.78 is 5.56. The molecule has 0 bridgehead atoms. The molecule has 1 N–H and O–H groups in total. The fourth-order valence-corrected chi connectivity index (χ4v) is 2.40. The quantitative estimate of drug-likeness (QED) is 0.874. The minimum absolute atomic E-state index is 0.206. The number of likely N-dealkylation sites (tertiary alicyclic amines) is 1. The van der Waals surface area contributed by atoms with Crippen molar-refractivity contribution in [2.24, 2.45) is 0 Å². The van der Waals surface area contributed by atoms with Crippen LogP contribution >= 0.6 is 0 Å². The fraction of sp³-hybridized carbons (Fsp3) is 0.769. The molecule has 0 saturated carbocycles. The largest absolute Gasteiger partial charge is 0.444 e. The standard InChI is InChI=1S/C13H23N3O/c1-10-9-14-13(17-10)11(2)15-12-5-4-7-16(3)8-6-12/h9,11-12,15H,4-8H2,1-3H3. The van der Waals surface area contributed by atoms with Crippen molar-refractivity contribution in [1.29, 1.82) is 0 Å². The van der Waals surface area contributed by atoms with E-state index in [1.165, 1.54) is 32.4 Å². The van der Waals surface area contributed by atoms with Gasteiger partial charge >= 0.3 is 0 Å². The van der Waals surface area contributed by atoms with Gasteiger partial charge in [-0.1, -0.05) is 0 Å². The van der Waals surface area contributed by atoms with E-state index in [4.69, 9.17) is 4.42 Å². The van der Waals surface area contributed by atoms with Crippen molar-refractivity contribution in [3.63, 3.8) is 0 Å². The summed E-state index contributed by atoms with van der Waals surface area (Å²) in [5.74, 6) is 1.69. The number of oxazole rings is 1. The van der Waals surface area contributed by atoms with E-state index >= 15 is 0 Å². The lowest BCUT2D eigenvalue weighted by Gasteiger charge is -2.20. The summed E-state index contributed by atoms with van der Waals surface area (Å²) >= 11 is 0. The third-order valence-corrected chi connectivity index (χ3v) is 3.45. The Morgan fingerprint density at radius 2 is 2.29 bits per heavy atom. The van der Waals surface area contributed by atoms with Crippen molar-refractivity contribution >= 4 is 0 Å². The van der Waals surface area contributed by atoms with Gasteiger partial charge in [0.25, 0.3) is 0 Å². The summed E-state index contributed by atoms with van der Waals surface area (Å²) in [6.07, 6.45) is 5.51. The van der Waals surface area contributed by atoms with Gasteiger partial charge in [-0.15, -0.1) is 0 Å². The molecule has 1 aromatic heterocycles. The van der Waals surface area contributed by atoms with Crippen LogP contribution in [0.25, 0.3) is 0 Å². The molecule has 2 atom stereocenters. The normalized spacial score (nSPS) is 24.5. The number of hydrogen-bond acceptors (Lipinski definition) is 4. The van der Waals surface area contributed by atoms with E-state index in [0.29, 0.717) is 6.04 Å². The molecule has 2 heterocycles. The highest BCUT2D eigenvalue weighted by Crippen LogP contribution is 2.17. The molecule has 0 aromatic carbocycles. The lowest BCUT2D eigenvalue weighted by Crippen LogP contribution is -2.32. The molecule has 1 fully saturated rings. The summed E-state index contributed by atoms with van der Waals surface area (Å²) in [5.41, 5.74) is 0. The highest BCUT2D eigenvalue weighted by atomic mass is 16.4. The minimum atomic E-state index is 0.206. The molecule has 1 saturated heterocycles. The second kappa shape index (κ2) is 5.65. The van der Waals surface area contributed by atoms with Gasteiger partial charge in [0, 0.05) is 6.04 Å². The van der Waals surface area contributed by atoms with Crippen LogP contribution in [0.2, 0.25) is 0 Å². The van der Waals surface area contributed by atoms with Crippen LogP contribution < -0.4 is 5.32 Å². The van der Waals surface area contributed by atoms with Gasteiger partial charge < -0.3 is 14.6 Å². The van der Waals surface area contributed by atoms with E-state index in [-0.39, 0.29) is 6.04 Å². The predicted molar refractivity (Wildman–Crippen MR) is 67.9 cm³/mol. The van der Waals surface area contributed by atoms with E-state index in [1.54, 1.807) is 6.20 Å². The first-order valence-corrected chi connectivity index (χ1v) is 6.52. The van der Waals surface area contributed by atoms with Gasteiger partial charge in [-0.25, -0.2) is 4.98 Å². The van der Waals surface area contributed by atoms with E-state index < -0.39 is 0 Å². The molecule has 1 aromatic rings. The van der Waals surface area contributed by atoms with Crippen LogP contribution in [0.5, 0.6) is 0 Å². The van der Waals surface area contributed by atoms with Crippen molar-refractivity contribution in [2.75, 3.05) is 20.1 Å². The molecule has 2 unspecified atom stereocenters. The average Bonchev–Trinajstić information content (AvgIpc) is 2.62. The third-order valence-electron chi connectivity index (χ3n) is 3.45. The molecule has 0 radical (unpaired) electrons. The van der Waals surface area contributed by atoms with Gasteiger partial charge in [-0.2, -0.15) is 0 Å². The Morgan fingerprint density at radius 1 is 1.47 bits per heavy atom. The van der Waals surface area contributed by atoms with Gasteiger partial charge in [0.2, 0.25) is 5.89 Å². The zero-order valence-electron chi connectivity index (χ0n) is 11.1. The summed E-state index contributed by atoms with van der Waals surface area (Å²) in [4.78, 5) is 6.68. The Kier molecular flexibility index (Phi) is 4.18. The number of hydrogen-bond donors (Lipinski definition) is 1. The number of aromatic nitrogens is 1. The molecule has 4 nitrogen and oxygen atoms in total. The number of nitrogens with zero attached hydrogens (tertiary/aromatic N) is 2. The molecule has 2 rings (SSSR count). The second-order valence-corrected chi connectivity index (χ2v) is 5.13. The number of aryl methyl sites for hydroxylation is 1. The van der Waals surface area contributed by atoms with Crippen LogP contribution in [-0.2, 0) is 0 Å². The maximum Gasteiger partial charge on any atom is 0.211 e. The van der Waals surface area contributed by atoms with Gasteiger partial charge in [-0.05, 0) is 53.2 Å². The average molecular weight is 237 g/mol. The number of rotatable bonds is 3. The first-order chi connectivity index (χ1) is 8.15. The minimum Gasteiger partial charge on any atom is -0.444 e. The number of nitrogens with one attached hydrogen (secondary N) is 1. The lowest BCUT2D eigenvalue weighted by atomic mass is 10.1. The van der Waals surface area contributed by atoms with E-state index in [1.807, 2.05) is 6.92 Å². The molecular weight excluding hydrogens is 214 g/mol. The topological polar surface area (TPSA) is 41.3 Å². The van der Waals surface area contributed by atoms with Crippen molar-refractivity contribution < 1.29 is 4.42 Å². The van der Waals surface area contributed by atoms with Crippen LogP contribution in [0.15, 0.2) is 10.6 Å². The third kappa shape index (κ3) is 3.54. The monoisotopic (exact) mass is 237 g/mol. The smallest absolute Gasteiger partial charge is 0.211 e. The van der Waals surface area contributed by atoms with Gasteiger partial charge in [0.05, 0.1) is 12.2 Å². The first kappa shape index (κ1) is 12.6. The first-order valence-electron chi connectivity index (χ1n) is 6.52. The van der Waals surface area contributed by atoms with Gasteiger partial charge in [0.15, 0.2) is 0 Å². The Hall–Kier alpha value is -0.870. The summed E-state index contributed by atoms with van der Waals surface area (Å²) in [7, 11) is 2.20. The van der Waals surface area contributed by atoms with E-state index in [9.17, 15) is 0 Å². The molecule has 0 spiro atoms. The highest BCUT2D eigenvalue weighted by molar-refractivity contribution is 4.95. The van der Waals surface area contributed by atoms with Crippen molar-refractivity contribution in [3.8, 4) is 0 Å². The zero-order chi connectivity index (χ0) is 12.3. The molecule has 17 heavy (non-hydrogen) atoms. The van der Waals surface area contributed by atoms with Crippen LogP contribution in [0.4, 0.5) is 0 Å². The second-order valence-electron chi connectivity index (χ2n) is 5.13. The molecule has 0 aliphatic carbocycles.